The smallest absolute Gasteiger partial charge is 0.374 e. The average Bonchev–Trinajstić information content (AvgIpc) is 3.00. The van der Waals surface area contributed by atoms with Gasteiger partial charge in [0, 0.05) is 27.2 Å². The molecule has 0 saturated carbocycles. The van der Waals surface area contributed by atoms with Crippen molar-refractivity contribution in [2.75, 3.05) is 6.61 Å². The van der Waals surface area contributed by atoms with Crippen LogP contribution in [0.15, 0.2) is 41.7 Å². The molecule has 2 aliphatic rings. The number of rotatable bonds is 4. The van der Waals surface area contributed by atoms with Gasteiger partial charge >= 0.3 is 5.97 Å². The fourth-order valence-corrected chi connectivity index (χ4v) is 3.66. The number of aliphatic hydroxyl groups is 2. The minimum Gasteiger partial charge on any atom is -0.501 e. The fourth-order valence-electron chi connectivity index (χ4n) is 2.58. The molecule has 0 saturated heterocycles. The van der Waals surface area contributed by atoms with Crippen LogP contribution in [0.3, 0.4) is 0 Å². The summed E-state index contributed by atoms with van der Waals surface area (Å²) in [5.74, 6) is -1.02. The van der Waals surface area contributed by atoms with E-state index in [1.807, 2.05) is 31.2 Å². The molecule has 0 bridgehead atoms. The average molecular weight is 316 g/mol. The van der Waals surface area contributed by atoms with E-state index in [1.54, 1.807) is 23.5 Å². The highest BCUT2D eigenvalue weighted by atomic mass is 32.1. The summed E-state index contributed by atoms with van der Waals surface area (Å²) < 4.78 is 6.36. The molecule has 0 fully saturated rings. The molecule has 0 amide bonds. The number of hydrogen-bond acceptors (Lipinski definition) is 5. The van der Waals surface area contributed by atoms with Gasteiger partial charge in [0.25, 0.3) is 0 Å². The van der Waals surface area contributed by atoms with E-state index in [0.717, 1.165) is 15.3 Å². The highest BCUT2D eigenvalue weighted by Gasteiger charge is 2.34. The van der Waals surface area contributed by atoms with E-state index in [9.17, 15) is 9.90 Å². The zero-order chi connectivity index (χ0) is 15.7. The third-order valence-corrected chi connectivity index (χ3v) is 4.61. The molecule has 1 aliphatic heterocycles. The summed E-state index contributed by atoms with van der Waals surface area (Å²) in [7, 11) is 0. The van der Waals surface area contributed by atoms with Gasteiger partial charge in [-0.05, 0) is 36.8 Å². The van der Waals surface area contributed by atoms with E-state index >= 15 is 0 Å². The van der Waals surface area contributed by atoms with Gasteiger partial charge in [-0.2, -0.15) is 0 Å². The predicted molar refractivity (Wildman–Crippen MR) is 85.7 cm³/mol. The number of fused-ring (bicyclic) bond motifs is 2. The lowest BCUT2D eigenvalue weighted by molar-refractivity contribution is -0.143. The van der Waals surface area contributed by atoms with E-state index in [4.69, 9.17) is 9.84 Å². The third kappa shape index (κ3) is 2.53. The Balaban J connectivity index is 2.03. The highest BCUT2D eigenvalue weighted by molar-refractivity contribution is 7.10. The Morgan fingerprint density at radius 3 is 3.00 bits per heavy atom. The minimum absolute atomic E-state index is 0.105. The number of aryl methyl sites for hydroxylation is 1. The summed E-state index contributed by atoms with van der Waals surface area (Å²) >= 11 is 1.63. The summed E-state index contributed by atoms with van der Waals surface area (Å²) in [6.45, 7) is 2.13. The van der Waals surface area contributed by atoms with Crippen molar-refractivity contribution in [3.8, 4) is 0 Å². The first-order chi connectivity index (χ1) is 10.6. The second kappa shape index (κ2) is 5.94. The quantitative estimate of drug-likeness (QED) is 0.648. The van der Waals surface area contributed by atoms with E-state index in [1.165, 1.54) is 4.88 Å². The van der Waals surface area contributed by atoms with Gasteiger partial charge in [0.15, 0.2) is 0 Å². The highest BCUT2D eigenvalue weighted by Crippen LogP contribution is 2.31. The second-order valence-corrected chi connectivity index (χ2v) is 6.37. The Morgan fingerprint density at radius 1 is 1.41 bits per heavy atom. The number of carbonyl (C=O) groups is 1. The van der Waals surface area contributed by atoms with Crippen LogP contribution in [0.2, 0.25) is 0 Å². The standard InChI is InChI=1S/C17H16O4S/c1-10-8-11-9-12-14(16(11)22-10)13(21-17(20)15(12)19)6-4-2-3-5-7-18/h2-4,6,8-9,13,18-19H,5,7H2,1H3. The van der Waals surface area contributed by atoms with Gasteiger partial charge in [0.2, 0.25) is 5.76 Å². The van der Waals surface area contributed by atoms with Gasteiger partial charge in [-0.25, -0.2) is 4.79 Å². The maximum Gasteiger partial charge on any atom is 0.374 e. The summed E-state index contributed by atoms with van der Waals surface area (Å²) in [6.07, 6.45) is 9.13. The van der Waals surface area contributed by atoms with Crippen molar-refractivity contribution >= 4 is 29.0 Å². The Hall–Kier alpha value is -2.11. The number of ether oxygens (including phenoxy) is 1. The molecule has 1 atom stereocenters. The molecule has 0 radical (unpaired) electrons. The summed E-state index contributed by atoms with van der Waals surface area (Å²) in [6, 6.07) is 2.04. The first kappa shape index (κ1) is 14.8. The van der Waals surface area contributed by atoms with E-state index in [0.29, 0.717) is 12.0 Å². The van der Waals surface area contributed by atoms with Crippen LogP contribution in [-0.2, 0) is 9.53 Å². The molecule has 22 heavy (non-hydrogen) atoms. The summed E-state index contributed by atoms with van der Waals surface area (Å²) in [5.41, 5.74) is 1.41. The van der Waals surface area contributed by atoms with Crippen LogP contribution in [0.25, 0.3) is 11.6 Å². The molecule has 5 heteroatoms. The van der Waals surface area contributed by atoms with Gasteiger partial charge in [0.1, 0.15) is 6.10 Å². The fraction of sp³-hybridized carbons (Fsp3) is 0.235. The number of aliphatic hydroxyl groups excluding tert-OH is 2. The first-order valence-electron chi connectivity index (χ1n) is 7.03. The lowest BCUT2D eigenvalue weighted by Crippen LogP contribution is -2.29. The van der Waals surface area contributed by atoms with Crippen molar-refractivity contribution < 1.29 is 19.7 Å². The van der Waals surface area contributed by atoms with Gasteiger partial charge < -0.3 is 14.9 Å². The third-order valence-electron chi connectivity index (χ3n) is 3.51. The Bertz CT molecular complexity index is 823. The molecule has 4 nitrogen and oxygen atoms in total. The molecule has 2 heterocycles. The zero-order valence-electron chi connectivity index (χ0n) is 12.1. The molecule has 114 valence electrons. The monoisotopic (exact) mass is 316 g/mol. The lowest BCUT2D eigenvalue weighted by Gasteiger charge is -2.22. The van der Waals surface area contributed by atoms with Crippen molar-refractivity contribution in [2.45, 2.75) is 19.4 Å². The van der Waals surface area contributed by atoms with Gasteiger partial charge in [-0.3, -0.25) is 0 Å². The molecule has 1 aliphatic carbocycles. The molecule has 1 aromatic rings. The van der Waals surface area contributed by atoms with Crippen LogP contribution in [0, 0.1) is 6.92 Å². The van der Waals surface area contributed by atoms with Crippen molar-refractivity contribution in [1.82, 2.24) is 0 Å². The molecule has 1 unspecified atom stereocenters. The molecule has 3 rings (SSSR count). The second-order valence-electron chi connectivity index (χ2n) is 5.11. The van der Waals surface area contributed by atoms with Gasteiger partial charge in [-0.15, -0.1) is 11.3 Å². The topological polar surface area (TPSA) is 66.8 Å². The number of cyclic esters (lactones) is 1. The van der Waals surface area contributed by atoms with E-state index in [2.05, 4.69) is 0 Å². The van der Waals surface area contributed by atoms with Crippen LogP contribution >= 0.6 is 11.3 Å². The molecule has 0 aromatic carbocycles. The number of allylic oxidation sites excluding steroid dienone is 2. The van der Waals surface area contributed by atoms with Crippen LogP contribution in [-0.4, -0.2) is 28.9 Å². The summed E-state index contributed by atoms with van der Waals surface area (Å²) in [5, 5.41) is 19.7. The molecular formula is C17H16O4S. The SMILES string of the molecule is Cc1cc2c(s1)=C1C(=C(O)C(=O)OC1C=CC=CCCO)C=2. The van der Waals surface area contributed by atoms with Crippen molar-refractivity contribution in [2.24, 2.45) is 0 Å². The zero-order valence-corrected chi connectivity index (χ0v) is 12.9. The maximum atomic E-state index is 11.8. The van der Waals surface area contributed by atoms with Crippen molar-refractivity contribution in [3.05, 3.63) is 56.3 Å². The van der Waals surface area contributed by atoms with Crippen molar-refractivity contribution in [3.63, 3.8) is 0 Å². The predicted octanol–water partition coefficient (Wildman–Crippen LogP) is 1.23. The number of carbonyl (C=O) groups excluding carboxylic acids is 1. The molecule has 2 N–H and O–H groups in total. The molecule has 0 spiro atoms. The molecule has 1 aromatic heterocycles. The van der Waals surface area contributed by atoms with Crippen LogP contribution in [0.4, 0.5) is 0 Å². The van der Waals surface area contributed by atoms with E-state index < -0.39 is 12.1 Å². The Morgan fingerprint density at radius 2 is 2.23 bits per heavy atom. The first-order valence-corrected chi connectivity index (χ1v) is 7.84. The Kier molecular flexibility index (Phi) is 4.00. The largest absolute Gasteiger partial charge is 0.501 e. The van der Waals surface area contributed by atoms with Crippen LogP contribution in [0.1, 0.15) is 11.3 Å². The van der Waals surface area contributed by atoms with Gasteiger partial charge in [-0.1, -0.05) is 18.2 Å². The number of esters is 1. The summed E-state index contributed by atoms with van der Waals surface area (Å²) in [4.78, 5) is 13.0. The van der Waals surface area contributed by atoms with Crippen molar-refractivity contribution in [1.29, 1.82) is 0 Å². The van der Waals surface area contributed by atoms with E-state index in [-0.39, 0.29) is 12.4 Å². The van der Waals surface area contributed by atoms with Crippen LogP contribution in [0.5, 0.6) is 0 Å². The minimum atomic E-state index is -0.698. The number of hydrogen-bond donors (Lipinski definition) is 2. The van der Waals surface area contributed by atoms with Crippen LogP contribution < -0.4 is 9.75 Å². The Labute approximate surface area is 131 Å². The van der Waals surface area contributed by atoms with Gasteiger partial charge in [0.05, 0.1) is 0 Å². The number of thiophene rings is 1. The maximum absolute atomic E-state index is 11.8. The molecular weight excluding hydrogens is 300 g/mol. The lowest BCUT2D eigenvalue weighted by atomic mass is 9.99. The normalized spacial score (nSPS) is 20.5.